The van der Waals surface area contributed by atoms with Gasteiger partial charge in [-0.15, -0.1) is 0 Å². The van der Waals surface area contributed by atoms with Crippen molar-refractivity contribution in [3.8, 4) is 11.5 Å². The molecule has 0 saturated carbocycles. The van der Waals surface area contributed by atoms with Crippen LogP contribution in [0.2, 0.25) is 5.02 Å². The van der Waals surface area contributed by atoms with Gasteiger partial charge < -0.3 is 15.2 Å². The van der Waals surface area contributed by atoms with Crippen LogP contribution in [0.5, 0.6) is 11.5 Å². The van der Waals surface area contributed by atoms with Gasteiger partial charge in [-0.3, -0.25) is 4.79 Å². The second-order valence-electron chi connectivity index (χ2n) is 5.27. The maximum atomic E-state index is 12.0. The fourth-order valence-electron chi connectivity index (χ4n) is 2.02. The van der Waals surface area contributed by atoms with Crippen molar-refractivity contribution in [3.05, 3.63) is 53.1 Å². The minimum absolute atomic E-state index is 0.0231. The molecular weight excluding hydrogens is 342 g/mol. The molecule has 1 amide bonds. The summed E-state index contributed by atoms with van der Waals surface area (Å²) >= 11 is 5.82. The van der Waals surface area contributed by atoms with Crippen LogP contribution in [-0.2, 0) is 4.79 Å². The Morgan fingerprint density at radius 1 is 1.32 bits per heavy atom. The Kier molecular flexibility index (Phi) is 6.65. The van der Waals surface area contributed by atoms with E-state index >= 15 is 0 Å². The molecule has 2 aromatic rings. The minimum Gasteiger partial charge on any atom is -0.504 e. The molecule has 6 nitrogen and oxygen atoms in total. The van der Waals surface area contributed by atoms with E-state index in [2.05, 4.69) is 15.8 Å². The fourth-order valence-corrected chi connectivity index (χ4v) is 2.15. The molecule has 2 aromatic carbocycles. The number of phenols is 1. The molecule has 0 unspecified atom stereocenters. The van der Waals surface area contributed by atoms with Crippen LogP contribution in [0.4, 0.5) is 5.69 Å². The third kappa shape index (κ3) is 5.69. The molecule has 0 bridgehead atoms. The number of carbonyl (C=O) groups excluding carboxylic acids is 1. The summed E-state index contributed by atoms with van der Waals surface area (Å²) in [5.41, 5.74) is 3.87. The highest BCUT2D eigenvalue weighted by atomic mass is 35.5. The molecule has 132 valence electrons. The van der Waals surface area contributed by atoms with Crippen molar-refractivity contribution in [2.75, 3.05) is 11.9 Å². The molecule has 0 radical (unpaired) electrons. The predicted octanol–water partition coefficient (Wildman–Crippen LogP) is 3.40. The molecule has 0 aliphatic carbocycles. The van der Waals surface area contributed by atoms with Crippen molar-refractivity contribution < 1.29 is 14.6 Å². The number of ether oxygens (including phenoxy) is 1. The van der Waals surface area contributed by atoms with Crippen LogP contribution in [0.3, 0.4) is 0 Å². The Bertz CT molecular complexity index is 748. The summed E-state index contributed by atoms with van der Waals surface area (Å²) in [5, 5.41) is 17.4. The van der Waals surface area contributed by atoms with E-state index in [1.807, 2.05) is 6.92 Å². The van der Waals surface area contributed by atoms with Gasteiger partial charge in [0.15, 0.2) is 11.5 Å². The largest absolute Gasteiger partial charge is 0.504 e. The van der Waals surface area contributed by atoms with Crippen molar-refractivity contribution in [3.63, 3.8) is 0 Å². The van der Waals surface area contributed by atoms with Gasteiger partial charge in [0.05, 0.1) is 12.8 Å². The van der Waals surface area contributed by atoms with Crippen LogP contribution in [0.1, 0.15) is 19.4 Å². The van der Waals surface area contributed by atoms with Gasteiger partial charge in [-0.2, -0.15) is 5.10 Å². The van der Waals surface area contributed by atoms with Crippen LogP contribution in [0.15, 0.2) is 47.6 Å². The number of hydrogen-bond donors (Lipinski definition) is 3. The maximum Gasteiger partial charge on any atom is 0.262 e. The Morgan fingerprint density at radius 2 is 2.04 bits per heavy atom. The summed E-state index contributed by atoms with van der Waals surface area (Å²) in [7, 11) is 0. The van der Waals surface area contributed by atoms with Crippen molar-refractivity contribution >= 4 is 29.4 Å². The number of halogens is 1. The van der Waals surface area contributed by atoms with E-state index in [0.717, 1.165) is 5.69 Å². The second kappa shape index (κ2) is 8.94. The molecule has 25 heavy (non-hydrogen) atoms. The van der Waals surface area contributed by atoms with Crippen LogP contribution in [-0.4, -0.2) is 29.9 Å². The number of aromatic hydroxyl groups is 1. The number of anilines is 1. The van der Waals surface area contributed by atoms with E-state index < -0.39 is 6.04 Å². The average Bonchev–Trinajstić information content (AvgIpc) is 2.59. The molecule has 0 aliphatic heterocycles. The number of amides is 1. The summed E-state index contributed by atoms with van der Waals surface area (Å²) in [4.78, 5) is 12.0. The van der Waals surface area contributed by atoms with E-state index in [1.165, 1.54) is 12.3 Å². The zero-order valence-corrected chi connectivity index (χ0v) is 14.7. The topological polar surface area (TPSA) is 83.0 Å². The summed E-state index contributed by atoms with van der Waals surface area (Å²) < 4.78 is 5.25. The highest BCUT2D eigenvalue weighted by Gasteiger charge is 2.11. The number of nitrogens with one attached hydrogen (secondary N) is 2. The first kappa shape index (κ1) is 18.6. The molecule has 0 heterocycles. The van der Waals surface area contributed by atoms with Gasteiger partial charge in [0.25, 0.3) is 5.91 Å². The molecule has 3 N–H and O–H groups in total. The zero-order chi connectivity index (χ0) is 18.2. The van der Waals surface area contributed by atoms with Gasteiger partial charge in [-0.25, -0.2) is 5.43 Å². The quantitative estimate of drug-likeness (QED) is 0.521. The SMILES string of the molecule is CCOc1ccc(/C=N\NC(=O)[C@@H](C)Nc2ccc(Cl)cc2)cc1O. The highest BCUT2D eigenvalue weighted by Crippen LogP contribution is 2.26. The molecule has 0 spiro atoms. The number of hydrogen-bond acceptors (Lipinski definition) is 5. The first-order chi connectivity index (χ1) is 12.0. The molecule has 0 aliphatic rings. The molecule has 0 aromatic heterocycles. The number of phenolic OH excluding ortho intramolecular Hbond substituents is 1. The molecule has 0 saturated heterocycles. The molecule has 1 atom stereocenters. The molecule has 0 fully saturated rings. The van der Waals surface area contributed by atoms with Gasteiger partial charge in [-0.05, 0) is 61.9 Å². The van der Waals surface area contributed by atoms with E-state index in [0.29, 0.717) is 22.9 Å². The van der Waals surface area contributed by atoms with Crippen molar-refractivity contribution in [2.45, 2.75) is 19.9 Å². The van der Waals surface area contributed by atoms with E-state index in [9.17, 15) is 9.90 Å². The summed E-state index contributed by atoms with van der Waals surface area (Å²) in [6, 6.07) is 11.5. The zero-order valence-electron chi connectivity index (χ0n) is 14.0. The monoisotopic (exact) mass is 361 g/mol. The van der Waals surface area contributed by atoms with Gasteiger partial charge in [-0.1, -0.05) is 11.6 Å². The normalized spacial score (nSPS) is 12.0. The van der Waals surface area contributed by atoms with E-state index in [1.54, 1.807) is 43.3 Å². The number of rotatable bonds is 7. The summed E-state index contributed by atoms with van der Waals surface area (Å²) in [5.74, 6) is 0.140. The third-order valence-electron chi connectivity index (χ3n) is 3.29. The van der Waals surface area contributed by atoms with Crippen molar-refractivity contribution in [2.24, 2.45) is 5.10 Å². The first-order valence-corrected chi connectivity index (χ1v) is 8.18. The third-order valence-corrected chi connectivity index (χ3v) is 3.54. The molecule has 7 heteroatoms. The van der Waals surface area contributed by atoms with Crippen LogP contribution in [0, 0.1) is 0 Å². The summed E-state index contributed by atoms with van der Waals surface area (Å²) in [6.07, 6.45) is 1.45. The number of nitrogens with zero attached hydrogens (tertiary/aromatic N) is 1. The van der Waals surface area contributed by atoms with Gasteiger partial charge in [0, 0.05) is 10.7 Å². The Balaban J connectivity index is 1.89. The number of hydrazone groups is 1. The highest BCUT2D eigenvalue weighted by molar-refractivity contribution is 6.30. The lowest BCUT2D eigenvalue weighted by atomic mass is 10.2. The molecule has 2 rings (SSSR count). The minimum atomic E-state index is -0.480. The Labute approximate surface area is 151 Å². The smallest absolute Gasteiger partial charge is 0.262 e. The Hall–Kier alpha value is -2.73. The standard InChI is InChI=1S/C18H20ClN3O3/c1-3-25-17-9-4-13(10-16(17)23)11-20-22-18(24)12(2)21-15-7-5-14(19)6-8-15/h4-12,21,23H,3H2,1-2H3,(H,22,24)/b20-11-/t12-/m1/s1. The predicted molar refractivity (Wildman–Crippen MR) is 99.5 cm³/mol. The first-order valence-electron chi connectivity index (χ1n) is 7.80. The van der Waals surface area contributed by atoms with Crippen molar-refractivity contribution in [1.82, 2.24) is 5.43 Å². The molecular formula is C18H20ClN3O3. The Morgan fingerprint density at radius 3 is 2.68 bits per heavy atom. The van der Waals surface area contributed by atoms with E-state index in [4.69, 9.17) is 16.3 Å². The average molecular weight is 362 g/mol. The number of benzene rings is 2. The lowest BCUT2D eigenvalue weighted by molar-refractivity contribution is -0.121. The number of carbonyl (C=O) groups is 1. The van der Waals surface area contributed by atoms with Crippen LogP contribution >= 0.6 is 11.6 Å². The van der Waals surface area contributed by atoms with Gasteiger partial charge in [0.2, 0.25) is 0 Å². The lowest BCUT2D eigenvalue weighted by Gasteiger charge is -2.13. The maximum absolute atomic E-state index is 12.0. The van der Waals surface area contributed by atoms with Gasteiger partial charge in [0.1, 0.15) is 6.04 Å². The van der Waals surface area contributed by atoms with Crippen LogP contribution < -0.4 is 15.5 Å². The lowest BCUT2D eigenvalue weighted by Crippen LogP contribution is -2.34. The van der Waals surface area contributed by atoms with Gasteiger partial charge >= 0.3 is 0 Å². The van der Waals surface area contributed by atoms with E-state index in [-0.39, 0.29) is 11.7 Å². The van der Waals surface area contributed by atoms with Crippen LogP contribution in [0.25, 0.3) is 0 Å². The second-order valence-corrected chi connectivity index (χ2v) is 5.70. The van der Waals surface area contributed by atoms with Crippen molar-refractivity contribution in [1.29, 1.82) is 0 Å². The fraction of sp³-hybridized carbons (Fsp3) is 0.222. The summed E-state index contributed by atoms with van der Waals surface area (Å²) in [6.45, 7) is 4.03.